The highest BCUT2D eigenvalue weighted by molar-refractivity contribution is 4.74. The zero-order chi connectivity index (χ0) is 13.7. The highest BCUT2D eigenvalue weighted by atomic mass is 16.5. The second-order valence-corrected chi connectivity index (χ2v) is 4.91. The van der Waals surface area contributed by atoms with Gasteiger partial charge in [-0.15, -0.1) is 0 Å². The molecule has 0 saturated carbocycles. The van der Waals surface area contributed by atoms with E-state index >= 15 is 0 Å². The number of nitrogens with one attached hydrogen (secondary N) is 1. The van der Waals surface area contributed by atoms with Crippen molar-refractivity contribution in [2.75, 3.05) is 53.2 Å². The number of methoxy groups -OCH3 is 1. The highest BCUT2D eigenvalue weighted by Crippen LogP contribution is 2.24. The lowest BCUT2D eigenvalue weighted by Gasteiger charge is -2.28. The molecule has 4 nitrogen and oxygen atoms in total. The molecular weight excluding hydrogens is 230 g/mol. The molecule has 0 aliphatic carbocycles. The Morgan fingerprint density at radius 1 is 0.944 bits per heavy atom. The fourth-order valence-electron chi connectivity index (χ4n) is 1.60. The lowest BCUT2D eigenvalue weighted by Crippen LogP contribution is -2.32. The summed E-state index contributed by atoms with van der Waals surface area (Å²) in [6.07, 6.45) is 2.27. The first-order valence-corrected chi connectivity index (χ1v) is 7.03. The van der Waals surface area contributed by atoms with Gasteiger partial charge in [-0.25, -0.2) is 0 Å². The minimum atomic E-state index is 0.340. The predicted molar refractivity (Wildman–Crippen MR) is 75.1 cm³/mol. The van der Waals surface area contributed by atoms with E-state index in [1.54, 1.807) is 7.11 Å². The molecule has 0 aromatic rings. The minimum absolute atomic E-state index is 0.340. The van der Waals surface area contributed by atoms with E-state index in [0.29, 0.717) is 31.8 Å². The first kappa shape index (κ1) is 17.8. The van der Waals surface area contributed by atoms with Crippen LogP contribution < -0.4 is 5.32 Å². The molecule has 110 valence electrons. The van der Waals surface area contributed by atoms with Gasteiger partial charge in [0.15, 0.2) is 0 Å². The first-order chi connectivity index (χ1) is 8.68. The summed E-state index contributed by atoms with van der Waals surface area (Å²) in [5.74, 6) is 0. The molecule has 0 fully saturated rings. The molecule has 0 aromatic heterocycles. The van der Waals surface area contributed by atoms with Crippen molar-refractivity contribution in [2.45, 2.75) is 33.6 Å². The average Bonchev–Trinajstić information content (AvgIpc) is 2.39. The van der Waals surface area contributed by atoms with Crippen LogP contribution in [-0.2, 0) is 14.2 Å². The molecule has 0 bridgehead atoms. The molecule has 0 heterocycles. The summed E-state index contributed by atoms with van der Waals surface area (Å²) in [6.45, 7) is 12.2. The Hall–Kier alpha value is -0.160. The van der Waals surface area contributed by atoms with Crippen molar-refractivity contribution in [1.29, 1.82) is 0 Å². The zero-order valence-electron chi connectivity index (χ0n) is 12.6. The lowest BCUT2D eigenvalue weighted by molar-refractivity contribution is 0.0172. The van der Waals surface area contributed by atoms with Crippen LogP contribution in [0.1, 0.15) is 33.6 Å². The lowest BCUT2D eigenvalue weighted by atomic mass is 9.84. The third-order valence-electron chi connectivity index (χ3n) is 3.31. The maximum absolute atomic E-state index is 5.60. The van der Waals surface area contributed by atoms with Crippen molar-refractivity contribution in [1.82, 2.24) is 5.32 Å². The van der Waals surface area contributed by atoms with Gasteiger partial charge < -0.3 is 19.5 Å². The Labute approximate surface area is 112 Å². The van der Waals surface area contributed by atoms with Crippen LogP contribution in [0.5, 0.6) is 0 Å². The number of hydrogen-bond acceptors (Lipinski definition) is 4. The molecule has 0 amide bonds. The van der Waals surface area contributed by atoms with E-state index in [-0.39, 0.29) is 0 Å². The summed E-state index contributed by atoms with van der Waals surface area (Å²) < 4.78 is 15.8. The monoisotopic (exact) mass is 261 g/mol. The molecule has 0 aliphatic rings. The van der Waals surface area contributed by atoms with Gasteiger partial charge in [0.05, 0.1) is 26.4 Å². The Morgan fingerprint density at radius 3 is 2.11 bits per heavy atom. The Balaban J connectivity index is 3.44. The fourth-order valence-corrected chi connectivity index (χ4v) is 1.60. The van der Waals surface area contributed by atoms with Gasteiger partial charge >= 0.3 is 0 Å². The molecule has 0 spiro atoms. The molecule has 1 N–H and O–H groups in total. The predicted octanol–water partition coefficient (Wildman–Crippen LogP) is 2.08. The van der Waals surface area contributed by atoms with E-state index in [2.05, 4.69) is 26.1 Å². The summed E-state index contributed by atoms with van der Waals surface area (Å²) in [7, 11) is 1.68. The fraction of sp³-hybridized carbons (Fsp3) is 1.00. The molecule has 0 aliphatic heterocycles. The second-order valence-electron chi connectivity index (χ2n) is 4.91. The summed E-state index contributed by atoms with van der Waals surface area (Å²) in [4.78, 5) is 0. The van der Waals surface area contributed by atoms with Crippen LogP contribution in [0.15, 0.2) is 0 Å². The summed E-state index contributed by atoms with van der Waals surface area (Å²) >= 11 is 0. The molecule has 4 heteroatoms. The molecule has 0 rings (SSSR count). The van der Waals surface area contributed by atoms with Gasteiger partial charge in [-0.05, 0) is 24.8 Å². The van der Waals surface area contributed by atoms with E-state index in [0.717, 1.165) is 26.1 Å². The molecule has 0 aromatic carbocycles. The number of ether oxygens (including phenoxy) is 3. The first-order valence-electron chi connectivity index (χ1n) is 7.03. The van der Waals surface area contributed by atoms with E-state index in [4.69, 9.17) is 14.2 Å². The Kier molecular flexibility index (Phi) is 11.8. The van der Waals surface area contributed by atoms with Crippen molar-refractivity contribution in [2.24, 2.45) is 5.41 Å². The molecule has 0 radical (unpaired) electrons. The van der Waals surface area contributed by atoms with Crippen molar-refractivity contribution in [3.63, 3.8) is 0 Å². The maximum atomic E-state index is 5.60. The normalized spacial score (nSPS) is 14.7. The largest absolute Gasteiger partial charge is 0.382 e. The highest BCUT2D eigenvalue weighted by Gasteiger charge is 2.20. The number of rotatable bonds is 13. The number of hydrogen-bond donors (Lipinski definition) is 1. The van der Waals surface area contributed by atoms with Gasteiger partial charge in [0.1, 0.15) is 0 Å². The van der Waals surface area contributed by atoms with Crippen LogP contribution in [0, 0.1) is 5.41 Å². The molecule has 0 saturated heterocycles. The molecule has 1 atom stereocenters. The third-order valence-corrected chi connectivity index (χ3v) is 3.31. The van der Waals surface area contributed by atoms with E-state index in [9.17, 15) is 0 Å². The van der Waals surface area contributed by atoms with Gasteiger partial charge in [-0.3, -0.25) is 0 Å². The zero-order valence-corrected chi connectivity index (χ0v) is 12.6. The van der Waals surface area contributed by atoms with Gasteiger partial charge in [0.2, 0.25) is 0 Å². The minimum Gasteiger partial charge on any atom is -0.382 e. The van der Waals surface area contributed by atoms with E-state index in [1.807, 2.05) is 0 Å². The van der Waals surface area contributed by atoms with Crippen LogP contribution >= 0.6 is 0 Å². The molecule has 18 heavy (non-hydrogen) atoms. The van der Waals surface area contributed by atoms with E-state index in [1.165, 1.54) is 6.42 Å². The van der Waals surface area contributed by atoms with Gasteiger partial charge in [-0.2, -0.15) is 0 Å². The van der Waals surface area contributed by atoms with Gasteiger partial charge in [0, 0.05) is 20.3 Å². The maximum Gasteiger partial charge on any atom is 0.0701 e. The van der Waals surface area contributed by atoms with Crippen LogP contribution in [-0.4, -0.2) is 53.2 Å². The second kappa shape index (κ2) is 11.9. The standard InChI is InChI=1S/C14H31NO3/c1-5-14(3,13-15-6-2)7-8-17-11-12-18-10-9-16-4/h15H,5-13H2,1-4H3. The molecular formula is C14H31NO3. The summed E-state index contributed by atoms with van der Waals surface area (Å²) in [6, 6.07) is 0. The van der Waals surface area contributed by atoms with Crippen molar-refractivity contribution >= 4 is 0 Å². The average molecular weight is 261 g/mol. The quantitative estimate of drug-likeness (QED) is 0.515. The van der Waals surface area contributed by atoms with E-state index < -0.39 is 0 Å². The Morgan fingerprint density at radius 2 is 1.56 bits per heavy atom. The van der Waals surface area contributed by atoms with Crippen LogP contribution in [0.25, 0.3) is 0 Å². The van der Waals surface area contributed by atoms with Gasteiger partial charge in [-0.1, -0.05) is 20.8 Å². The molecule has 1 unspecified atom stereocenters. The smallest absolute Gasteiger partial charge is 0.0701 e. The summed E-state index contributed by atoms with van der Waals surface area (Å²) in [5, 5.41) is 3.42. The Bertz CT molecular complexity index is 178. The van der Waals surface area contributed by atoms with Crippen molar-refractivity contribution < 1.29 is 14.2 Å². The van der Waals surface area contributed by atoms with Crippen molar-refractivity contribution in [3.05, 3.63) is 0 Å². The summed E-state index contributed by atoms with van der Waals surface area (Å²) in [5.41, 5.74) is 0.340. The van der Waals surface area contributed by atoms with Crippen LogP contribution in [0.3, 0.4) is 0 Å². The third kappa shape index (κ3) is 9.83. The van der Waals surface area contributed by atoms with Gasteiger partial charge in [0.25, 0.3) is 0 Å². The topological polar surface area (TPSA) is 39.7 Å². The van der Waals surface area contributed by atoms with Crippen molar-refractivity contribution in [3.8, 4) is 0 Å². The van der Waals surface area contributed by atoms with Crippen LogP contribution in [0.4, 0.5) is 0 Å². The van der Waals surface area contributed by atoms with Crippen LogP contribution in [0.2, 0.25) is 0 Å². The SMILES string of the molecule is CCNCC(C)(CC)CCOCCOCCOC.